The number of primary amides is 1. The fourth-order valence-electron chi connectivity index (χ4n) is 7.47. The number of aromatic nitrogens is 1. The molecular formula is C50H64N4O6Si. The number of phenols is 1. The molecule has 0 unspecified atom stereocenters. The second-order valence-corrected chi connectivity index (χ2v) is 22.5. The zero-order chi connectivity index (χ0) is 44.3. The Balaban J connectivity index is 1.15. The number of aldehydes is 1. The summed E-state index contributed by atoms with van der Waals surface area (Å²) in [4.78, 5) is 43.8. The molecule has 1 aromatic heterocycles. The minimum absolute atomic E-state index is 0.00470. The maximum absolute atomic E-state index is 13.6. The van der Waals surface area contributed by atoms with Crippen molar-refractivity contribution in [2.24, 2.45) is 5.73 Å². The van der Waals surface area contributed by atoms with Gasteiger partial charge in [-0.2, -0.15) is 0 Å². The molecule has 0 radical (unpaired) electrons. The van der Waals surface area contributed by atoms with Crippen molar-refractivity contribution >= 4 is 48.7 Å². The van der Waals surface area contributed by atoms with Crippen molar-refractivity contribution in [2.45, 2.75) is 110 Å². The quantitative estimate of drug-likeness (QED) is 0.0376. The molecule has 5 aromatic rings. The standard InChI is InChI=1S/C50H64N4O6Si/c1-34-27-36(30-42-46(34)52-33-43(48(51)57)47(42)53-40-19-16-20-41(32-40)59-6)28-35-17-15-18-39(29-35)49(58)54(5)25-14-12-10-9-11-13-21-45(60-61(7,8)50(2,3)4)38-22-23-44(56)37(31-38)24-26-55/h15-20,22-23,26-27,29-33,45,56H,9-14,21,24-25,28H2,1-8H3,(H2,51,57)(H,52,53)/t45-/m0/s1. The summed E-state index contributed by atoms with van der Waals surface area (Å²) in [5.41, 5.74) is 13.5. The topological polar surface area (TPSA) is 144 Å². The maximum atomic E-state index is 13.6. The van der Waals surface area contributed by atoms with E-state index < -0.39 is 14.2 Å². The van der Waals surface area contributed by atoms with E-state index in [0.29, 0.717) is 35.5 Å². The van der Waals surface area contributed by atoms with Gasteiger partial charge in [0.05, 0.1) is 30.0 Å². The molecule has 5 rings (SSSR count). The van der Waals surface area contributed by atoms with Crippen LogP contribution in [0.5, 0.6) is 11.5 Å². The summed E-state index contributed by atoms with van der Waals surface area (Å²) in [5.74, 6) is 0.242. The molecule has 1 atom stereocenters. The Kier molecular flexibility index (Phi) is 15.9. The molecule has 11 heteroatoms. The molecule has 1 heterocycles. The molecule has 0 aliphatic rings. The van der Waals surface area contributed by atoms with Crippen molar-refractivity contribution in [3.63, 3.8) is 0 Å². The number of ether oxygens (including phenoxy) is 1. The van der Waals surface area contributed by atoms with Gasteiger partial charge in [0.25, 0.3) is 11.8 Å². The molecule has 10 nitrogen and oxygen atoms in total. The van der Waals surface area contributed by atoms with Crippen LogP contribution in [0.2, 0.25) is 18.1 Å². The Morgan fingerprint density at radius 3 is 2.36 bits per heavy atom. The van der Waals surface area contributed by atoms with Gasteiger partial charge in [0.2, 0.25) is 0 Å². The first-order valence-corrected chi connectivity index (χ1v) is 24.3. The van der Waals surface area contributed by atoms with Crippen LogP contribution in [-0.2, 0) is 22.1 Å². The van der Waals surface area contributed by atoms with Crippen molar-refractivity contribution in [3.05, 3.63) is 124 Å². The third kappa shape index (κ3) is 12.3. The third-order valence-electron chi connectivity index (χ3n) is 12.0. The van der Waals surface area contributed by atoms with Crippen LogP contribution in [0, 0.1) is 6.92 Å². The Bertz CT molecular complexity index is 2320. The minimum Gasteiger partial charge on any atom is -0.508 e. The summed E-state index contributed by atoms with van der Waals surface area (Å²) in [6.07, 6.45) is 10.2. The highest BCUT2D eigenvalue weighted by atomic mass is 28.4. The van der Waals surface area contributed by atoms with Crippen LogP contribution in [0.4, 0.5) is 11.4 Å². The zero-order valence-corrected chi connectivity index (χ0v) is 38.3. The zero-order valence-electron chi connectivity index (χ0n) is 37.3. The Morgan fingerprint density at radius 2 is 1.66 bits per heavy atom. The molecule has 0 bridgehead atoms. The van der Waals surface area contributed by atoms with Gasteiger partial charge in [-0.25, -0.2) is 0 Å². The van der Waals surface area contributed by atoms with Crippen LogP contribution in [0.3, 0.4) is 0 Å². The Labute approximate surface area is 363 Å². The summed E-state index contributed by atoms with van der Waals surface area (Å²) in [5, 5.41) is 14.5. The number of methoxy groups -OCH3 is 1. The molecule has 0 spiro atoms. The number of carbonyl (C=O) groups excluding carboxylic acids is 3. The van der Waals surface area contributed by atoms with Gasteiger partial charge >= 0.3 is 0 Å². The van der Waals surface area contributed by atoms with Crippen molar-refractivity contribution in [1.82, 2.24) is 9.88 Å². The lowest BCUT2D eigenvalue weighted by atomic mass is 9.97. The lowest BCUT2D eigenvalue weighted by Gasteiger charge is -2.39. The van der Waals surface area contributed by atoms with E-state index in [4.69, 9.17) is 14.9 Å². The fraction of sp³-hybridized carbons (Fsp3) is 0.400. The lowest BCUT2D eigenvalue weighted by molar-refractivity contribution is -0.107. The molecule has 0 aliphatic heterocycles. The number of hydrogen-bond donors (Lipinski definition) is 3. The lowest BCUT2D eigenvalue weighted by Crippen LogP contribution is -2.41. The van der Waals surface area contributed by atoms with E-state index in [1.807, 2.05) is 85.6 Å². The highest BCUT2D eigenvalue weighted by Gasteiger charge is 2.39. The number of rotatable bonds is 21. The second kappa shape index (κ2) is 20.8. The first kappa shape index (κ1) is 46.5. The SMILES string of the molecule is COc1cccc(Nc2c(C(N)=O)cnc3c(C)cc(Cc4cccc(C(=O)N(C)CCCCCCCC[C@H](O[Si](C)(C)C(C)(C)C)c5ccc(O)c(CC=O)c5)c4)cc23)c1. The van der Waals surface area contributed by atoms with Crippen LogP contribution in [0.25, 0.3) is 10.9 Å². The first-order valence-electron chi connectivity index (χ1n) is 21.4. The van der Waals surface area contributed by atoms with Crippen LogP contribution in [0.15, 0.2) is 85.1 Å². The number of phenolic OH excluding ortho intramolecular Hbond substituents is 1. The molecule has 61 heavy (non-hydrogen) atoms. The van der Waals surface area contributed by atoms with E-state index in [1.165, 1.54) is 6.20 Å². The number of anilines is 2. The number of fused-ring (bicyclic) bond motifs is 1. The van der Waals surface area contributed by atoms with E-state index >= 15 is 0 Å². The monoisotopic (exact) mass is 844 g/mol. The van der Waals surface area contributed by atoms with E-state index in [9.17, 15) is 19.5 Å². The van der Waals surface area contributed by atoms with Gasteiger partial charge in [-0.05, 0) is 109 Å². The molecule has 0 saturated heterocycles. The fourth-order valence-corrected chi connectivity index (χ4v) is 8.79. The predicted octanol–water partition coefficient (Wildman–Crippen LogP) is 11.0. The summed E-state index contributed by atoms with van der Waals surface area (Å²) >= 11 is 0. The molecular weight excluding hydrogens is 781 g/mol. The van der Waals surface area contributed by atoms with Crippen molar-refractivity contribution in [1.29, 1.82) is 0 Å². The van der Waals surface area contributed by atoms with Gasteiger partial charge in [0, 0.05) is 54.5 Å². The summed E-state index contributed by atoms with van der Waals surface area (Å²) < 4.78 is 12.3. The van der Waals surface area contributed by atoms with Crippen molar-refractivity contribution in [3.8, 4) is 11.5 Å². The van der Waals surface area contributed by atoms with Crippen LogP contribution < -0.4 is 15.8 Å². The number of amides is 2. The molecule has 324 valence electrons. The van der Waals surface area contributed by atoms with Gasteiger partial charge < -0.3 is 35.0 Å². The number of carbonyl (C=O) groups is 3. The number of pyridine rings is 1. The number of nitrogens with zero attached hydrogens (tertiary/aromatic N) is 2. The molecule has 2 amide bonds. The summed E-state index contributed by atoms with van der Waals surface area (Å²) in [7, 11) is 1.41. The van der Waals surface area contributed by atoms with Gasteiger partial charge in [-0.15, -0.1) is 0 Å². The van der Waals surface area contributed by atoms with E-state index in [2.05, 4.69) is 50.2 Å². The number of nitrogens with two attached hydrogens (primary N) is 1. The predicted molar refractivity (Wildman–Crippen MR) is 249 cm³/mol. The smallest absolute Gasteiger partial charge is 0.253 e. The molecule has 4 aromatic carbocycles. The summed E-state index contributed by atoms with van der Waals surface area (Å²) in [6, 6.07) is 25.0. The second-order valence-electron chi connectivity index (χ2n) is 17.7. The number of nitrogens with one attached hydrogen (secondary N) is 1. The van der Waals surface area contributed by atoms with Crippen LogP contribution in [-0.4, -0.2) is 62.1 Å². The number of hydrogen-bond acceptors (Lipinski definition) is 8. The maximum Gasteiger partial charge on any atom is 0.253 e. The highest BCUT2D eigenvalue weighted by molar-refractivity contribution is 6.74. The molecule has 4 N–H and O–H groups in total. The van der Waals surface area contributed by atoms with Gasteiger partial charge in [0.1, 0.15) is 17.8 Å². The number of aromatic hydroxyl groups is 1. The Morgan fingerprint density at radius 1 is 0.934 bits per heavy atom. The number of aryl methyl sites for hydroxylation is 1. The largest absolute Gasteiger partial charge is 0.508 e. The normalized spacial score (nSPS) is 12.3. The van der Waals surface area contributed by atoms with E-state index in [1.54, 1.807) is 13.2 Å². The molecule has 0 aliphatic carbocycles. The molecule has 0 saturated carbocycles. The Hall–Kier alpha value is -5.52. The van der Waals surface area contributed by atoms with E-state index in [0.717, 1.165) is 90.1 Å². The number of unbranched alkanes of at least 4 members (excludes halogenated alkanes) is 5. The first-order chi connectivity index (χ1) is 29.0. The number of benzene rings is 4. The highest BCUT2D eigenvalue weighted by Crippen LogP contribution is 2.42. The van der Waals surface area contributed by atoms with Crippen molar-refractivity contribution < 1.29 is 28.7 Å². The van der Waals surface area contributed by atoms with E-state index in [-0.39, 0.29) is 34.8 Å². The average molecular weight is 845 g/mol. The van der Waals surface area contributed by atoms with Gasteiger partial charge in [0.15, 0.2) is 8.32 Å². The van der Waals surface area contributed by atoms with Crippen molar-refractivity contribution in [2.75, 3.05) is 26.0 Å². The minimum atomic E-state index is -2.07. The van der Waals surface area contributed by atoms with Gasteiger partial charge in [-0.1, -0.05) is 83.2 Å². The average Bonchev–Trinajstić information content (AvgIpc) is 3.21. The van der Waals surface area contributed by atoms with Crippen LogP contribution in [0.1, 0.15) is 120 Å². The van der Waals surface area contributed by atoms with Crippen LogP contribution >= 0.6 is 0 Å². The summed E-state index contributed by atoms with van der Waals surface area (Å²) in [6.45, 7) is 13.9. The van der Waals surface area contributed by atoms with Gasteiger partial charge in [-0.3, -0.25) is 14.6 Å². The third-order valence-corrected chi connectivity index (χ3v) is 16.5. The molecule has 0 fully saturated rings.